The Bertz CT molecular complexity index is 710. The van der Waals surface area contributed by atoms with E-state index in [1.54, 1.807) is 24.2 Å². The minimum absolute atomic E-state index is 0.0590. The molecule has 8 heteroatoms. The van der Waals surface area contributed by atoms with Crippen LogP contribution in [-0.2, 0) is 4.79 Å². The molecule has 140 valence electrons. The van der Waals surface area contributed by atoms with Crippen LogP contribution in [0.15, 0.2) is 18.5 Å². The molecule has 1 aromatic rings. The molecular formula is C18H26N6O2. The molecule has 0 saturated carbocycles. The Hall–Kier alpha value is -2.90. The summed E-state index contributed by atoms with van der Waals surface area (Å²) in [6.07, 6.45) is 6.80. The largest absolute Gasteiger partial charge is 0.393 e. The molecule has 5 N–H and O–H groups in total. The van der Waals surface area contributed by atoms with Crippen LogP contribution in [0, 0.1) is 5.41 Å². The number of anilines is 1. The quantitative estimate of drug-likeness (QED) is 0.541. The van der Waals surface area contributed by atoms with Gasteiger partial charge in [0.15, 0.2) is 0 Å². The Morgan fingerprint density at radius 1 is 1.42 bits per heavy atom. The van der Waals surface area contributed by atoms with Crippen LogP contribution in [0.5, 0.6) is 0 Å². The molecule has 1 fully saturated rings. The normalized spacial score (nSPS) is 15.5. The zero-order chi connectivity index (χ0) is 19.1. The zero-order valence-corrected chi connectivity index (χ0v) is 15.2. The van der Waals surface area contributed by atoms with E-state index in [0.29, 0.717) is 17.6 Å². The molecule has 1 aliphatic heterocycles. The van der Waals surface area contributed by atoms with Gasteiger partial charge in [0.1, 0.15) is 11.9 Å². The van der Waals surface area contributed by atoms with Crippen LogP contribution in [0.4, 0.5) is 5.82 Å². The molecule has 26 heavy (non-hydrogen) atoms. The van der Waals surface area contributed by atoms with Crippen molar-refractivity contribution in [2.24, 2.45) is 0 Å². The van der Waals surface area contributed by atoms with Crippen molar-refractivity contribution in [2.75, 3.05) is 25.9 Å². The molecule has 0 aliphatic carbocycles. The van der Waals surface area contributed by atoms with E-state index in [0.717, 1.165) is 32.1 Å². The third-order valence-corrected chi connectivity index (χ3v) is 4.38. The highest BCUT2D eigenvalue weighted by molar-refractivity contribution is 6.09. The molecule has 0 radical (unpaired) electrons. The lowest BCUT2D eigenvalue weighted by Crippen LogP contribution is -2.47. The van der Waals surface area contributed by atoms with Crippen molar-refractivity contribution in [1.82, 2.24) is 20.5 Å². The van der Waals surface area contributed by atoms with Crippen LogP contribution >= 0.6 is 0 Å². The number of nitrogens with two attached hydrogens (primary N) is 1. The number of amides is 2. The first-order valence-electron chi connectivity index (χ1n) is 8.75. The predicted octanol–water partition coefficient (Wildman–Crippen LogP) is 1.00. The van der Waals surface area contributed by atoms with Gasteiger partial charge in [0, 0.05) is 49.9 Å². The number of carbonyl (C=O) groups is 2. The number of likely N-dealkylation sites (tertiary alicyclic amines) is 1. The minimum atomic E-state index is -0.585. The fourth-order valence-electron chi connectivity index (χ4n) is 2.91. The van der Waals surface area contributed by atoms with E-state index >= 15 is 0 Å². The molecule has 0 bridgehead atoms. The maximum absolute atomic E-state index is 12.7. The lowest BCUT2D eigenvalue weighted by molar-refractivity contribution is -0.132. The minimum Gasteiger partial charge on any atom is -0.393 e. The summed E-state index contributed by atoms with van der Waals surface area (Å²) in [5.41, 5.74) is 7.21. The van der Waals surface area contributed by atoms with Crippen molar-refractivity contribution in [1.29, 1.82) is 5.41 Å². The molecule has 2 heterocycles. The van der Waals surface area contributed by atoms with Crippen molar-refractivity contribution in [2.45, 2.75) is 32.2 Å². The van der Waals surface area contributed by atoms with Gasteiger partial charge in [-0.05, 0) is 25.3 Å². The Morgan fingerprint density at radius 2 is 2.12 bits per heavy atom. The molecule has 1 unspecified atom stereocenters. The third-order valence-electron chi connectivity index (χ3n) is 4.38. The van der Waals surface area contributed by atoms with E-state index in [9.17, 15) is 9.59 Å². The zero-order valence-electron chi connectivity index (χ0n) is 15.2. The van der Waals surface area contributed by atoms with Crippen LogP contribution in [0.1, 0.15) is 42.1 Å². The van der Waals surface area contributed by atoms with Crippen LogP contribution in [-0.4, -0.2) is 54.1 Å². The number of carbonyl (C=O) groups excluding carboxylic acids is 2. The van der Waals surface area contributed by atoms with Crippen molar-refractivity contribution < 1.29 is 9.59 Å². The molecule has 0 spiro atoms. The molecule has 1 saturated heterocycles. The van der Waals surface area contributed by atoms with Gasteiger partial charge in [-0.1, -0.05) is 6.92 Å². The number of nitrogens with zero attached hydrogens (tertiary/aromatic N) is 2. The topological polar surface area (TPSA) is 124 Å². The summed E-state index contributed by atoms with van der Waals surface area (Å²) in [6, 6.07) is 0.998. The first-order valence-corrected chi connectivity index (χ1v) is 8.75. The number of nitrogens with one attached hydrogen (secondary N) is 3. The maximum Gasteiger partial charge on any atom is 0.255 e. The molecule has 8 nitrogen and oxygen atoms in total. The van der Waals surface area contributed by atoms with Gasteiger partial charge < -0.3 is 26.7 Å². The number of nitrogen functional groups attached to an aromatic ring is 1. The van der Waals surface area contributed by atoms with E-state index in [4.69, 9.17) is 11.1 Å². The highest BCUT2D eigenvalue weighted by Gasteiger charge is 2.27. The van der Waals surface area contributed by atoms with Crippen LogP contribution in [0.2, 0.25) is 0 Å². The van der Waals surface area contributed by atoms with Crippen molar-refractivity contribution in [3.63, 3.8) is 0 Å². The second-order valence-electron chi connectivity index (χ2n) is 6.16. The number of pyridine rings is 1. The Balaban J connectivity index is 2.20. The number of hydrogen-bond acceptors (Lipinski definition) is 6. The van der Waals surface area contributed by atoms with Gasteiger partial charge in [-0.15, -0.1) is 0 Å². The van der Waals surface area contributed by atoms with E-state index in [-0.39, 0.29) is 17.3 Å². The van der Waals surface area contributed by atoms with Gasteiger partial charge in [0.05, 0.1) is 5.56 Å². The average molecular weight is 358 g/mol. The van der Waals surface area contributed by atoms with Gasteiger partial charge in [-0.2, -0.15) is 0 Å². The molecule has 1 atom stereocenters. The smallest absolute Gasteiger partial charge is 0.255 e. The van der Waals surface area contributed by atoms with Gasteiger partial charge in [-0.25, -0.2) is 4.98 Å². The van der Waals surface area contributed by atoms with Gasteiger partial charge in [0.2, 0.25) is 5.91 Å². The highest BCUT2D eigenvalue weighted by atomic mass is 16.2. The summed E-state index contributed by atoms with van der Waals surface area (Å²) >= 11 is 0. The summed E-state index contributed by atoms with van der Waals surface area (Å²) < 4.78 is 0. The third kappa shape index (κ3) is 4.38. The van der Waals surface area contributed by atoms with E-state index < -0.39 is 11.9 Å². The average Bonchev–Trinajstić information content (AvgIpc) is 3.18. The maximum atomic E-state index is 12.7. The van der Waals surface area contributed by atoms with Crippen molar-refractivity contribution >= 4 is 29.4 Å². The summed E-state index contributed by atoms with van der Waals surface area (Å²) in [5.74, 6) is -0.412. The second-order valence-corrected chi connectivity index (χ2v) is 6.16. The predicted molar refractivity (Wildman–Crippen MR) is 102 cm³/mol. The lowest BCUT2D eigenvalue weighted by atomic mass is 10.1. The van der Waals surface area contributed by atoms with E-state index in [2.05, 4.69) is 15.6 Å². The summed E-state index contributed by atoms with van der Waals surface area (Å²) in [4.78, 5) is 31.1. The Morgan fingerprint density at radius 3 is 2.69 bits per heavy atom. The van der Waals surface area contributed by atoms with Crippen LogP contribution in [0.25, 0.3) is 5.57 Å². The van der Waals surface area contributed by atoms with Crippen LogP contribution in [0.3, 0.4) is 0 Å². The number of rotatable bonds is 7. The molecule has 0 aromatic carbocycles. The standard InChI is InChI=1S/C18H26N6O2/c1-3-15(18(26)24-6-4-5-7-24)23-17(25)14-8-12(11-22-16(14)20)13(9-19)10-21-2/h8-11,15,19,21H,3-7H2,1-2H3,(H2,20,22)(H,23,25)/b13-10+,19-9?. The van der Waals surface area contributed by atoms with Gasteiger partial charge in [0.25, 0.3) is 5.91 Å². The summed E-state index contributed by atoms with van der Waals surface area (Å²) in [6.45, 7) is 3.34. The molecule has 2 rings (SSSR count). The highest BCUT2D eigenvalue weighted by Crippen LogP contribution is 2.17. The molecular weight excluding hydrogens is 332 g/mol. The Labute approximate surface area is 153 Å². The van der Waals surface area contributed by atoms with Crippen molar-refractivity contribution in [3.05, 3.63) is 29.6 Å². The monoisotopic (exact) mass is 358 g/mol. The molecule has 1 aliphatic rings. The Kier molecular flexibility index (Phi) is 6.71. The molecule has 2 amide bonds. The molecule has 1 aromatic heterocycles. The number of aromatic nitrogens is 1. The first kappa shape index (κ1) is 19.4. The number of hydrogen-bond donors (Lipinski definition) is 4. The van der Waals surface area contributed by atoms with Gasteiger partial charge in [-0.3, -0.25) is 9.59 Å². The lowest BCUT2D eigenvalue weighted by Gasteiger charge is -2.23. The SMILES string of the molecule is CCC(NC(=O)c1cc(/C(C=N)=C/NC)cnc1N)C(=O)N1CCCC1. The van der Waals surface area contributed by atoms with Crippen LogP contribution < -0.4 is 16.4 Å². The second kappa shape index (κ2) is 8.98. The van der Waals surface area contributed by atoms with E-state index in [1.165, 1.54) is 6.20 Å². The summed E-state index contributed by atoms with van der Waals surface area (Å²) in [7, 11) is 1.72. The van der Waals surface area contributed by atoms with E-state index in [1.807, 2.05) is 6.92 Å². The fourth-order valence-corrected chi connectivity index (χ4v) is 2.91. The first-order chi connectivity index (χ1) is 12.5. The fraction of sp³-hybridized carbons (Fsp3) is 0.444. The van der Waals surface area contributed by atoms with Gasteiger partial charge >= 0.3 is 0 Å². The summed E-state index contributed by atoms with van der Waals surface area (Å²) in [5, 5.41) is 13.1. The number of allylic oxidation sites excluding steroid dienone is 1. The van der Waals surface area contributed by atoms with Crippen molar-refractivity contribution in [3.8, 4) is 0 Å².